The van der Waals surface area contributed by atoms with Crippen LogP contribution < -0.4 is 5.32 Å². The fourth-order valence-electron chi connectivity index (χ4n) is 1.40. The molecule has 1 aromatic carbocycles. The van der Waals surface area contributed by atoms with Crippen molar-refractivity contribution < 1.29 is 14.3 Å². The molecule has 0 amide bonds. The number of aromatic carboxylic acids is 1. The van der Waals surface area contributed by atoms with E-state index in [4.69, 9.17) is 16.7 Å². The van der Waals surface area contributed by atoms with Crippen LogP contribution in [0.4, 0.5) is 10.1 Å². The van der Waals surface area contributed by atoms with Crippen molar-refractivity contribution in [1.29, 1.82) is 0 Å². The SMILES string of the molecule is O=C(O)c1csc(CNc2cc(Cl)ccc2F)c1. The third-order valence-corrected chi connectivity index (χ3v) is 3.45. The number of carboxylic acids is 1. The van der Waals surface area contributed by atoms with Gasteiger partial charge in [-0.3, -0.25) is 0 Å². The molecule has 6 heteroatoms. The lowest BCUT2D eigenvalue weighted by Gasteiger charge is -2.06. The predicted octanol–water partition coefficient (Wildman–Crippen LogP) is 3.85. The molecule has 2 N–H and O–H groups in total. The van der Waals surface area contributed by atoms with Crippen LogP contribution in [-0.2, 0) is 6.54 Å². The van der Waals surface area contributed by atoms with Crippen molar-refractivity contribution in [3.05, 3.63) is 50.9 Å². The van der Waals surface area contributed by atoms with Gasteiger partial charge in [-0.25, -0.2) is 9.18 Å². The summed E-state index contributed by atoms with van der Waals surface area (Å²) in [6.45, 7) is 0.356. The minimum absolute atomic E-state index is 0.239. The molecule has 0 fully saturated rings. The summed E-state index contributed by atoms with van der Waals surface area (Å²) in [5.74, 6) is -1.36. The molecule has 0 aliphatic rings. The maximum Gasteiger partial charge on any atom is 0.336 e. The van der Waals surface area contributed by atoms with E-state index in [0.29, 0.717) is 17.3 Å². The fourth-order valence-corrected chi connectivity index (χ4v) is 2.37. The van der Waals surface area contributed by atoms with Crippen molar-refractivity contribution in [2.75, 3.05) is 5.32 Å². The lowest BCUT2D eigenvalue weighted by atomic mass is 10.3. The molecule has 3 nitrogen and oxygen atoms in total. The average Bonchev–Trinajstić information content (AvgIpc) is 2.79. The first-order valence-corrected chi connectivity index (χ1v) is 6.31. The van der Waals surface area contributed by atoms with Crippen LogP contribution in [0.2, 0.25) is 5.02 Å². The van der Waals surface area contributed by atoms with Gasteiger partial charge in [-0.1, -0.05) is 11.6 Å². The van der Waals surface area contributed by atoms with Crippen molar-refractivity contribution in [2.24, 2.45) is 0 Å². The lowest BCUT2D eigenvalue weighted by Crippen LogP contribution is -2.00. The van der Waals surface area contributed by atoms with Crippen LogP contribution in [0, 0.1) is 5.82 Å². The molecule has 0 spiro atoms. The van der Waals surface area contributed by atoms with Crippen LogP contribution in [-0.4, -0.2) is 11.1 Å². The summed E-state index contributed by atoms with van der Waals surface area (Å²) >= 11 is 7.07. The van der Waals surface area contributed by atoms with Gasteiger partial charge in [0.05, 0.1) is 11.3 Å². The Morgan fingerprint density at radius 2 is 2.22 bits per heavy atom. The Morgan fingerprint density at radius 3 is 2.89 bits per heavy atom. The minimum Gasteiger partial charge on any atom is -0.478 e. The Morgan fingerprint density at radius 1 is 1.44 bits per heavy atom. The monoisotopic (exact) mass is 285 g/mol. The molecule has 94 valence electrons. The van der Waals surface area contributed by atoms with Crippen LogP contribution in [0.1, 0.15) is 15.2 Å². The van der Waals surface area contributed by atoms with Gasteiger partial charge >= 0.3 is 5.97 Å². The molecule has 0 saturated heterocycles. The van der Waals surface area contributed by atoms with Gasteiger partial charge in [0.2, 0.25) is 0 Å². The summed E-state index contributed by atoms with van der Waals surface area (Å²) in [6, 6.07) is 5.79. The first kappa shape index (κ1) is 12.9. The van der Waals surface area contributed by atoms with Gasteiger partial charge in [-0.15, -0.1) is 11.3 Å². The molecule has 1 heterocycles. The largest absolute Gasteiger partial charge is 0.478 e. The standard InChI is InChI=1S/C12H9ClFNO2S/c13-8-1-2-10(14)11(4-8)15-5-9-3-7(6-18-9)12(16)17/h1-4,6,15H,5H2,(H,16,17). The molecule has 18 heavy (non-hydrogen) atoms. The van der Waals surface area contributed by atoms with Gasteiger partial charge in [0.1, 0.15) is 5.82 Å². The van der Waals surface area contributed by atoms with Crippen LogP contribution in [0.25, 0.3) is 0 Å². The highest BCUT2D eigenvalue weighted by Gasteiger charge is 2.07. The highest BCUT2D eigenvalue weighted by Crippen LogP contribution is 2.21. The van der Waals surface area contributed by atoms with Crippen molar-refractivity contribution in [3.8, 4) is 0 Å². The van der Waals surface area contributed by atoms with Crippen LogP contribution in [0.15, 0.2) is 29.6 Å². The molecule has 0 atom stereocenters. The summed E-state index contributed by atoms with van der Waals surface area (Å²) in [5, 5.41) is 13.6. The van der Waals surface area contributed by atoms with Gasteiger partial charge in [-0.2, -0.15) is 0 Å². The van der Waals surface area contributed by atoms with E-state index < -0.39 is 11.8 Å². The van der Waals surface area contributed by atoms with Crippen molar-refractivity contribution in [1.82, 2.24) is 0 Å². The average molecular weight is 286 g/mol. The predicted molar refractivity (Wildman–Crippen MR) is 70.0 cm³/mol. The quantitative estimate of drug-likeness (QED) is 0.897. The number of carbonyl (C=O) groups is 1. The third kappa shape index (κ3) is 3.00. The zero-order valence-corrected chi connectivity index (χ0v) is 10.7. The topological polar surface area (TPSA) is 49.3 Å². The highest BCUT2D eigenvalue weighted by atomic mass is 35.5. The minimum atomic E-state index is -0.966. The van der Waals surface area contributed by atoms with E-state index in [1.807, 2.05) is 0 Å². The second kappa shape index (κ2) is 5.37. The van der Waals surface area contributed by atoms with E-state index >= 15 is 0 Å². The van der Waals surface area contributed by atoms with E-state index in [2.05, 4.69) is 5.32 Å². The molecule has 0 unspecified atom stereocenters. The summed E-state index contributed by atoms with van der Waals surface area (Å²) in [4.78, 5) is 11.5. The molecule has 2 rings (SSSR count). The highest BCUT2D eigenvalue weighted by molar-refractivity contribution is 7.10. The van der Waals surface area contributed by atoms with Gasteiger partial charge < -0.3 is 10.4 Å². The molecular weight excluding hydrogens is 277 g/mol. The molecule has 0 aliphatic carbocycles. The van der Waals surface area contributed by atoms with E-state index in [1.54, 1.807) is 11.4 Å². The van der Waals surface area contributed by atoms with Crippen LogP contribution in [0.3, 0.4) is 0 Å². The zero-order chi connectivity index (χ0) is 13.1. The normalized spacial score (nSPS) is 10.3. The van der Waals surface area contributed by atoms with E-state index in [1.165, 1.54) is 29.5 Å². The number of rotatable bonds is 4. The molecule has 0 saturated carbocycles. The summed E-state index contributed by atoms with van der Waals surface area (Å²) in [6.07, 6.45) is 0. The Hall–Kier alpha value is -1.59. The maximum absolute atomic E-state index is 13.4. The summed E-state index contributed by atoms with van der Waals surface area (Å²) < 4.78 is 13.4. The van der Waals surface area contributed by atoms with Gasteiger partial charge in [-0.05, 0) is 24.3 Å². The maximum atomic E-state index is 13.4. The molecular formula is C12H9ClFNO2S. The summed E-state index contributed by atoms with van der Waals surface area (Å²) in [7, 11) is 0. The van der Waals surface area contributed by atoms with E-state index in [9.17, 15) is 9.18 Å². The Labute approximate surface area is 112 Å². The van der Waals surface area contributed by atoms with Crippen molar-refractivity contribution in [3.63, 3.8) is 0 Å². The smallest absolute Gasteiger partial charge is 0.336 e. The zero-order valence-electron chi connectivity index (χ0n) is 9.11. The van der Waals surface area contributed by atoms with Crippen molar-refractivity contribution >= 4 is 34.6 Å². The number of hydrogen-bond donors (Lipinski definition) is 2. The Balaban J connectivity index is 2.06. The number of carboxylic acid groups (broad SMARTS) is 1. The molecule has 2 aromatic rings. The van der Waals surface area contributed by atoms with Crippen LogP contribution >= 0.6 is 22.9 Å². The van der Waals surface area contributed by atoms with E-state index in [0.717, 1.165) is 4.88 Å². The van der Waals surface area contributed by atoms with E-state index in [-0.39, 0.29) is 5.56 Å². The van der Waals surface area contributed by atoms with Gasteiger partial charge in [0, 0.05) is 21.8 Å². The second-order valence-corrected chi connectivity index (χ2v) is 5.02. The first-order chi connectivity index (χ1) is 8.56. The lowest BCUT2D eigenvalue weighted by molar-refractivity contribution is 0.0697. The second-order valence-electron chi connectivity index (χ2n) is 3.58. The molecule has 0 aliphatic heterocycles. The third-order valence-electron chi connectivity index (χ3n) is 2.28. The molecule has 0 radical (unpaired) electrons. The summed E-state index contributed by atoms with van der Waals surface area (Å²) in [5.41, 5.74) is 0.538. The number of nitrogens with one attached hydrogen (secondary N) is 1. The Bertz CT molecular complexity index is 585. The fraction of sp³-hybridized carbons (Fsp3) is 0.0833. The van der Waals surface area contributed by atoms with Crippen molar-refractivity contribution in [2.45, 2.75) is 6.54 Å². The van der Waals surface area contributed by atoms with Gasteiger partial charge in [0.25, 0.3) is 0 Å². The first-order valence-electron chi connectivity index (χ1n) is 5.06. The number of thiophene rings is 1. The number of benzene rings is 1. The number of hydrogen-bond acceptors (Lipinski definition) is 3. The van der Waals surface area contributed by atoms with Crippen LogP contribution in [0.5, 0.6) is 0 Å². The Kier molecular flexibility index (Phi) is 3.84. The number of halogens is 2. The number of anilines is 1. The van der Waals surface area contributed by atoms with Gasteiger partial charge in [0.15, 0.2) is 0 Å². The molecule has 1 aromatic heterocycles. The molecule has 0 bridgehead atoms.